The lowest BCUT2D eigenvalue weighted by Gasteiger charge is -2.24. The summed E-state index contributed by atoms with van der Waals surface area (Å²) in [5, 5.41) is 10.2. The summed E-state index contributed by atoms with van der Waals surface area (Å²) in [4.78, 5) is 6.05. The Labute approximate surface area is 214 Å². The molecule has 14 heteroatoms. The van der Waals surface area contributed by atoms with E-state index in [1.807, 2.05) is 0 Å². The molecule has 2 aromatic carbocycles. The summed E-state index contributed by atoms with van der Waals surface area (Å²) < 4.78 is 55.5. The number of anilines is 1. The van der Waals surface area contributed by atoms with Crippen LogP contribution in [-0.4, -0.2) is 67.0 Å². The zero-order valence-electron chi connectivity index (χ0n) is 17.5. The molecule has 0 aliphatic carbocycles. The summed E-state index contributed by atoms with van der Waals surface area (Å²) in [5.41, 5.74) is 1.80. The zero-order valence-corrected chi connectivity index (χ0v) is 23.1. The number of hydrogen-bond donors (Lipinski definition) is 1. The minimum absolute atomic E-state index is 0.0659. The highest BCUT2D eigenvalue weighted by Crippen LogP contribution is 2.36. The molecule has 0 aliphatic rings. The molecule has 9 nitrogen and oxygen atoms in total. The summed E-state index contributed by atoms with van der Waals surface area (Å²) >= 11 is 12.9. The molecular formula is C19H21Br2ClN2O7S2. The molecule has 0 radical (unpaired) electrons. The van der Waals surface area contributed by atoms with Crippen LogP contribution in [-0.2, 0) is 28.6 Å². The van der Waals surface area contributed by atoms with Gasteiger partial charge in [0.15, 0.2) is 0 Å². The molecule has 0 aliphatic heterocycles. The molecule has 0 bridgehead atoms. The van der Waals surface area contributed by atoms with Crippen LogP contribution in [0.15, 0.2) is 44.3 Å². The van der Waals surface area contributed by atoms with Crippen LogP contribution in [0.2, 0.25) is 5.02 Å². The number of halogens is 3. The van der Waals surface area contributed by atoms with E-state index < -0.39 is 20.2 Å². The van der Waals surface area contributed by atoms with Gasteiger partial charge in [0.2, 0.25) is 0 Å². The van der Waals surface area contributed by atoms with Crippen LogP contribution in [0.5, 0.6) is 5.75 Å². The predicted octanol–water partition coefficient (Wildman–Crippen LogP) is 4.08. The van der Waals surface area contributed by atoms with Crippen LogP contribution in [0, 0.1) is 0 Å². The molecule has 0 spiro atoms. The van der Waals surface area contributed by atoms with Crippen molar-refractivity contribution in [2.75, 3.05) is 43.7 Å². The molecule has 0 unspecified atom stereocenters. The number of aliphatic imine (C=N–C) groups is 1. The van der Waals surface area contributed by atoms with Gasteiger partial charge >= 0.3 is 0 Å². The third kappa shape index (κ3) is 9.89. The van der Waals surface area contributed by atoms with E-state index in [9.17, 15) is 21.9 Å². The van der Waals surface area contributed by atoms with Gasteiger partial charge in [-0.25, -0.2) is 0 Å². The first kappa shape index (κ1) is 28.0. The van der Waals surface area contributed by atoms with E-state index in [-0.39, 0.29) is 32.1 Å². The maximum absolute atomic E-state index is 11.2. The minimum atomic E-state index is -3.62. The van der Waals surface area contributed by atoms with Crippen LogP contribution < -0.4 is 4.90 Å². The lowest BCUT2D eigenvalue weighted by molar-refractivity contribution is 0.309. The summed E-state index contributed by atoms with van der Waals surface area (Å²) in [5.74, 6) is 0.0659. The molecule has 182 valence electrons. The normalized spacial score (nSPS) is 12.4. The SMILES string of the molecule is CS(=O)(=O)OCCN(CCOS(C)(=O)=O)c1ccc(C=Nc2cc(Br)c(O)c(Br)c2)c(Cl)c1. The molecule has 0 amide bonds. The topological polar surface area (TPSA) is 123 Å². The number of benzene rings is 2. The molecule has 0 atom stereocenters. The van der Waals surface area contributed by atoms with Gasteiger partial charge in [-0.2, -0.15) is 16.8 Å². The highest BCUT2D eigenvalue weighted by Gasteiger charge is 2.13. The van der Waals surface area contributed by atoms with E-state index >= 15 is 0 Å². The van der Waals surface area contributed by atoms with Crippen molar-refractivity contribution in [2.45, 2.75) is 0 Å². The van der Waals surface area contributed by atoms with Gasteiger partial charge in [-0.1, -0.05) is 11.6 Å². The summed E-state index contributed by atoms with van der Waals surface area (Å²) in [6.07, 6.45) is 3.45. The maximum atomic E-state index is 11.2. The lowest BCUT2D eigenvalue weighted by atomic mass is 10.2. The first-order chi connectivity index (χ1) is 15.2. The Morgan fingerprint density at radius 1 is 1.00 bits per heavy atom. The second-order valence-corrected chi connectivity index (χ2v) is 12.2. The summed E-state index contributed by atoms with van der Waals surface area (Å²) in [6, 6.07) is 8.38. The highest BCUT2D eigenvalue weighted by molar-refractivity contribution is 9.11. The Morgan fingerprint density at radius 3 is 1.97 bits per heavy atom. The molecule has 0 heterocycles. The van der Waals surface area contributed by atoms with Crippen molar-refractivity contribution in [1.82, 2.24) is 0 Å². The van der Waals surface area contributed by atoms with Gasteiger partial charge < -0.3 is 10.0 Å². The Kier molecular flexibility index (Phi) is 10.2. The number of phenols is 1. The van der Waals surface area contributed by atoms with E-state index in [0.29, 0.717) is 30.9 Å². The van der Waals surface area contributed by atoms with Crippen LogP contribution in [0.25, 0.3) is 0 Å². The molecule has 1 N–H and O–H groups in total. The average molecular weight is 649 g/mol. The van der Waals surface area contributed by atoms with E-state index in [0.717, 1.165) is 12.5 Å². The van der Waals surface area contributed by atoms with Crippen molar-refractivity contribution in [2.24, 2.45) is 4.99 Å². The molecule has 0 saturated carbocycles. The number of hydrogen-bond acceptors (Lipinski definition) is 9. The van der Waals surface area contributed by atoms with Crippen molar-refractivity contribution in [3.05, 3.63) is 49.9 Å². The van der Waals surface area contributed by atoms with E-state index in [4.69, 9.17) is 20.0 Å². The van der Waals surface area contributed by atoms with Crippen LogP contribution >= 0.6 is 43.5 Å². The number of nitrogens with zero attached hydrogens (tertiary/aromatic N) is 2. The van der Waals surface area contributed by atoms with Crippen molar-refractivity contribution in [3.8, 4) is 5.75 Å². The molecule has 33 heavy (non-hydrogen) atoms. The van der Waals surface area contributed by atoms with Crippen LogP contribution in [0.4, 0.5) is 11.4 Å². The first-order valence-corrected chi connectivity index (χ1v) is 14.8. The Bertz CT molecular complexity index is 1180. The Balaban J connectivity index is 2.20. The third-order valence-corrected chi connectivity index (χ3v) is 6.75. The Morgan fingerprint density at radius 2 is 1.52 bits per heavy atom. The van der Waals surface area contributed by atoms with E-state index in [1.165, 1.54) is 0 Å². The summed E-state index contributed by atoms with van der Waals surface area (Å²) in [7, 11) is -7.25. The molecular weight excluding hydrogens is 628 g/mol. The molecule has 2 aromatic rings. The van der Waals surface area contributed by atoms with Crippen molar-refractivity contribution in [3.63, 3.8) is 0 Å². The predicted molar refractivity (Wildman–Crippen MR) is 136 cm³/mol. The minimum Gasteiger partial charge on any atom is -0.506 e. The first-order valence-electron chi connectivity index (χ1n) is 9.20. The third-order valence-electron chi connectivity index (χ3n) is 4.02. The quantitative estimate of drug-likeness (QED) is 0.286. The number of aromatic hydroxyl groups is 1. The van der Waals surface area contributed by atoms with Crippen molar-refractivity contribution < 1.29 is 30.3 Å². The van der Waals surface area contributed by atoms with Crippen LogP contribution in [0.1, 0.15) is 5.56 Å². The zero-order chi connectivity index (χ0) is 24.8. The van der Waals surface area contributed by atoms with Crippen molar-refractivity contribution in [1.29, 1.82) is 0 Å². The van der Waals surface area contributed by atoms with Gasteiger partial charge in [0.25, 0.3) is 20.2 Å². The van der Waals surface area contributed by atoms with E-state index in [1.54, 1.807) is 41.4 Å². The highest BCUT2D eigenvalue weighted by atomic mass is 79.9. The molecule has 0 fully saturated rings. The fraction of sp³-hybridized carbons (Fsp3) is 0.316. The average Bonchev–Trinajstić information content (AvgIpc) is 2.68. The second kappa shape index (κ2) is 12.0. The fourth-order valence-electron chi connectivity index (χ4n) is 2.56. The van der Waals surface area contributed by atoms with Gasteiger partial charge in [0, 0.05) is 30.6 Å². The Hall–Kier alpha value is -1.22. The van der Waals surface area contributed by atoms with Gasteiger partial charge in [-0.15, -0.1) is 0 Å². The standard InChI is InChI=1S/C19H21Br2ClN2O7S2/c1-32(26,27)30-7-5-24(6-8-31-33(2,28)29)15-4-3-13(18(22)11-15)12-23-14-9-16(20)19(25)17(21)10-14/h3-4,9-12,25H,5-8H2,1-2H3. The molecule has 0 saturated heterocycles. The molecule has 0 aromatic heterocycles. The number of phenolic OH excluding ortho intramolecular Hbond substituents is 1. The van der Waals surface area contributed by atoms with Gasteiger partial charge in [-0.05, 0) is 62.2 Å². The second-order valence-electron chi connectivity index (χ2n) is 6.76. The van der Waals surface area contributed by atoms with Gasteiger partial charge in [0.05, 0.1) is 45.4 Å². The van der Waals surface area contributed by atoms with Crippen molar-refractivity contribution >= 4 is 81.3 Å². The fourth-order valence-corrected chi connectivity index (χ4v) is 4.70. The lowest BCUT2D eigenvalue weighted by Crippen LogP contribution is -2.32. The maximum Gasteiger partial charge on any atom is 0.264 e. The largest absolute Gasteiger partial charge is 0.506 e. The number of rotatable bonds is 11. The van der Waals surface area contributed by atoms with E-state index in [2.05, 4.69) is 36.9 Å². The van der Waals surface area contributed by atoms with Crippen LogP contribution in [0.3, 0.4) is 0 Å². The smallest absolute Gasteiger partial charge is 0.264 e. The van der Waals surface area contributed by atoms with Gasteiger partial charge in [-0.3, -0.25) is 13.4 Å². The monoisotopic (exact) mass is 646 g/mol. The molecule has 2 rings (SSSR count). The van der Waals surface area contributed by atoms with Gasteiger partial charge in [0.1, 0.15) is 5.75 Å². The summed E-state index contributed by atoms with van der Waals surface area (Å²) in [6.45, 7) is 0.0331.